The summed E-state index contributed by atoms with van der Waals surface area (Å²) in [7, 11) is 0. The van der Waals surface area contributed by atoms with E-state index in [1.54, 1.807) is 0 Å². The average molecular weight is 481 g/mol. The minimum Gasteiger partial charge on any atom is -0.0619 e. The van der Waals surface area contributed by atoms with Crippen LogP contribution in [0.4, 0.5) is 0 Å². The van der Waals surface area contributed by atoms with Crippen molar-refractivity contribution in [2.75, 3.05) is 0 Å². The standard InChI is InChI=1S/C38H24/c1-3-11-27-23(9-1)17-25-19-35-31-15-7-5-13-29(31)30-14-6-8-16-32(30)36-20-26-18-24-10-2-4-12-28(24)34(26)22-38(36)37(35)21-33(25)27/h1-16,19-22H,17-18H2. The number of hydrogen-bond donors (Lipinski definition) is 0. The van der Waals surface area contributed by atoms with Gasteiger partial charge >= 0.3 is 0 Å². The van der Waals surface area contributed by atoms with Crippen LogP contribution in [-0.2, 0) is 12.8 Å². The van der Waals surface area contributed by atoms with Crippen molar-refractivity contribution < 1.29 is 0 Å². The minimum absolute atomic E-state index is 1.00. The molecule has 0 unspecified atom stereocenters. The molecule has 0 N–H and O–H groups in total. The molecule has 38 heavy (non-hydrogen) atoms. The number of rotatable bonds is 0. The Morgan fingerprint density at radius 3 is 1.05 bits per heavy atom. The van der Waals surface area contributed by atoms with Gasteiger partial charge in [0.2, 0.25) is 0 Å². The molecule has 9 rings (SSSR count). The van der Waals surface area contributed by atoms with Crippen molar-refractivity contribution in [2.24, 2.45) is 0 Å². The maximum atomic E-state index is 2.49. The Bertz CT molecular complexity index is 2230. The monoisotopic (exact) mass is 480 g/mol. The highest BCUT2D eigenvalue weighted by Crippen LogP contribution is 2.39. The summed E-state index contributed by atoms with van der Waals surface area (Å²) in [4.78, 5) is 0. The van der Waals surface area contributed by atoms with Crippen LogP contribution < -0.4 is 0 Å². The minimum atomic E-state index is 1.00. The van der Waals surface area contributed by atoms with Gasteiger partial charge in [0.05, 0.1) is 0 Å². The lowest BCUT2D eigenvalue weighted by Crippen LogP contribution is -1.93. The molecule has 0 heterocycles. The van der Waals surface area contributed by atoms with Gasteiger partial charge in [-0.2, -0.15) is 0 Å². The maximum absolute atomic E-state index is 2.49. The molecule has 0 heteroatoms. The van der Waals surface area contributed by atoms with Crippen molar-refractivity contribution in [3.63, 3.8) is 0 Å². The lowest BCUT2D eigenvalue weighted by Gasteiger charge is -2.08. The van der Waals surface area contributed by atoms with E-state index in [9.17, 15) is 0 Å². The first-order valence-electron chi connectivity index (χ1n) is 13.5. The van der Waals surface area contributed by atoms with Gasteiger partial charge in [-0.05, 0) is 123 Å². The molecular formula is C38H24. The van der Waals surface area contributed by atoms with E-state index in [-0.39, 0.29) is 0 Å². The highest BCUT2D eigenvalue weighted by molar-refractivity contribution is 5.78. The van der Waals surface area contributed by atoms with E-state index in [1.807, 2.05) is 0 Å². The Labute approximate surface area is 220 Å². The fourth-order valence-corrected chi connectivity index (χ4v) is 7.16. The normalized spacial score (nSPS) is 13.1. The van der Waals surface area contributed by atoms with Crippen LogP contribution in [0.15, 0.2) is 121 Å². The summed E-state index contributed by atoms with van der Waals surface area (Å²) in [6, 6.07) is 45.8. The molecule has 3 aliphatic carbocycles. The summed E-state index contributed by atoms with van der Waals surface area (Å²) in [6.45, 7) is 0. The average Bonchev–Trinajstić information content (AvgIpc) is 3.52. The predicted molar refractivity (Wildman–Crippen MR) is 153 cm³/mol. The Kier molecular flexibility index (Phi) is 3.99. The molecule has 6 aromatic carbocycles. The highest BCUT2D eigenvalue weighted by atomic mass is 14.2. The van der Waals surface area contributed by atoms with Gasteiger partial charge in [-0.15, -0.1) is 0 Å². The molecule has 3 aliphatic rings. The molecule has 0 fully saturated rings. The number of hydrogen-bond acceptors (Lipinski definition) is 0. The van der Waals surface area contributed by atoms with Crippen molar-refractivity contribution in [1.29, 1.82) is 0 Å². The van der Waals surface area contributed by atoms with E-state index in [0.717, 1.165) is 12.8 Å². The molecule has 0 radical (unpaired) electrons. The van der Waals surface area contributed by atoms with Gasteiger partial charge in [-0.25, -0.2) is 0 Å². The Morgan fingerprint density at radius 1 is 0.263 bits per heavy atom. The smallest absolute Gasteiger partial charge is 0.00132 e. The predicted octanol–water partition coefficient (Wildman–Crippen LogP) is 8.29. The Morgan fingerprint density at radius 2 is 0.605 bits per heavy atom. The van der Waals surface area contributed by atoms with Crippen molar-refractivity contribution in [1.82, 2.24) is 0 Å². The van der Waals surface area contributed by atoms with E-state index in [0.29, 0.717) is 0 Å². The molecule has 0 spiro atoms. The maximum Gasteiger partial charge on any atom is -0.00132 e. The molecule has 0 saturated carbocycles. The number of benzene rings is 6. The SMILES string of the molecule is c1ccc2c(c1)Cc1cc3c(cc1-2)=c1cc2c(cc1=c1ccccc1=c1ccccc1=3)Cc1ccccc1-2. The van der Waals surface area contributed by atoms with Crippen LogP contribution in [0.25, 0.3) is 22.3 Å². The van der Waals surface area contributed by atoms with E-state index < -0.39 is 0 Å². The van der Waals surface area contributed by atoms with Crippen LogP contribution in [0.3, 0.4) is 0 Å². The first-order valence-corrected chi connectivity index (χ1v) is 13.5. The Balaban J connectivity index is 1.63. The molecule has 0 aliphatic heterocycles. The van der Waals surface area contributed by atoms with E-state index in [2.05, 4.69) is 121 Å². The van der Waals surface area contributed by atoms with E-state index in [1.165, 1.54) is 86.3 Å². The van der Waals surface area contributed by atoms with Gasteiger partial charge in [-0.1, -0.05) is 97.1 Å². The fraction of sp³-hybridized carbons (Fsp3) is 0.0526. The zero-order valence-electron chi connectivity index (χ0n) is 21.0. The molecule has 0 amide bonds. The highest BCUT2D eigenvalue weighted by Gasteiger charge is 2.20. The fourth-order valence-electron chi connectivity index (χ4n) is 7.16. The van der Waals surface area contributed by atoms with Crippen molar-refractivity contribution in [2.45, 2.75) is 12.8 Å². The summed E-state index contributed by atoms with van der Waals surface area (Å²) < 4.78 is 0. The zero-order valence-corrected chi connectivity index (χ0v) is 21.0. The van der Waals surface area contributed by atoms with Crippen LogP contribution in [0.5, 0.6) is 0 Å². The zero-order chi connectivity index (χ0) is 24.8. The van der Waals surface area contributed by atoms with E-state index >= 15 is 0 Å². The topological polar surface area (TPSA) is 0 Å². The van der Waals surface area contributed by atoms with Crippen molar-refractivity contribution >= 4 is 0 Å². The van der Waals surface area contributed by atoms with E-state index in [4.69, 9.17) is 0 Å². The van der Waals surface area contributed by atoms with Crippen LogP contribution in [-0.4, -0.2) is 0 Å². The first kappa shape index (κ1) is 20.4. The summed E-state index contributed by atoms with van der Waals surface area (Å²) in [5, 5.41) is 10.6. The van der Waals surface area contributed by atoms with Crippen molar-refractivity contribution in [3.05, 3.63) is 185 Å². The van der Waals surface area contributed by atoms with Gasteiger partial charge in [0.15, 0.2) is 0 Å². The second-order valence-corrected chi connectivity index (χ2v) is 10.9. The van der Waals surface area contributed by atoms with Crippen LogP contribution in [0, 0.1) is 41.7 Å². The van der Waals surface area contributed by atoms with Crippen LogP contribution >= 0.6 is 0 Å². The summed E-state index contributed by atoms with van der Waals surface area (Å²) in [5.41, 5.74) is 11.3. The molecule has 0 atom stereocenters. The van der Waals surface area contributed by atoms with Gasteiger partial charge in [-0.3, -0.25) is 0 Å². The number of fused-ring (bicyclic) bond motifs is 10. The lowest BCUT2D eigenvalue weighted by molar-refractivity contribution is 1.22. The molecular weight excluding hydrogens is 456 g/mol. The van der Waals surface area contributed by atoms with Crippen LogP contribution in [0.2, 0.25) is 0 Å². The second-order valence-electron chi connectivity index (χ2n) is 10.9. The molecule has 0 nitrogen and oxygen atoms in total. The van der Waals surface area contributed by atoms with Gasteiger partial charge in [0.1, 0.15) is 0 Å². The molecule has 0 aromatic heterocycles. The summed E-state index contributed by atoms with van der Waals surface area (Å²) in [6.07, 6.45) is 2.00. The first-order chi connectivity index (χ1) is 18.8. The third kappa shape index (κ3) is 2.70. The summed E-state index contributed by atoms with van der Waals surface area (Å²) in [5.74, 6) is 0. The van der Waals surface area contributed by atoms with Gasteiger partial charge in [0.25, 0.3) is 0 Å². The molecule has 0 bridgehead atoms. The van der Waals surface area contributed by atoms with Gasteiger partial charge in [0, 0.05) is 0 Å². The largest absolute Gasteiger partial charge is 0.0619 e. The molecule has 6 aromatic rings. The quantitative estimate of drug-likeness (QED) is 0.205. The lowest BCUT2D eigenvalue weighted by atomic mass is 9.95. The van der Waals surface area contributed by atoms with Gasteiger partial charge < -0.3 is 0 Å². The molecule has 176 valence electrons. The third-order valence-corrected chi connectivity index (χ3v) is 8.88. The third-order valence-electron chi connectivity index (χ3n) is 8.88. The van der Waals surface area contributed by atoms with Crippen LogP contribution in [0.1, 0.15) is 22.3 Å². The molecule has 0 saturated heterocycles. The van der Waals surface area contributed by atoms with Crippen molar-refractivity contribution in [3.8, 4) is 22.3 Å². The second kappa shape index (κ2) is 7.43. The summed E-state index contributed by atoms with van der Waals surface area (Å²) >= 11 is 0. The Hall–Kier alpha value is -4.68.